The van der Waals surface area contributed by atoms with Crippen molar-refractivity contribution in [2.24, 2.45) is 7.05 Å². The molecule has 1 amide bonds. The predicted octanol–water partition coefficient (Wildman–Crippen LogP) is 1.82. The first-order chi connectivity index (χ1) is 9.50. The van der Waals surface area contributed by atoms with Crippen molar-refractivity contribution in [3.05, 3.63) is 39.8 Å². The Morgan fingerprint density at radius 2 is 2.30 bits per heavy atom. The number of thiophene rings is 1. The first-order valence-corrected chi connectivity index (χ1v) is 7.40. The molecule has 1 atom stereocenters. The lowest BCUT2D eigenvalue weighted by Crippen LogP contribution is -2.34. The number of likely N-dealkylation sites (N-methyl/N-ethyl adjacent to an activating group) is 1. The van der Waals surface area contributed by atoms with E-state index in [1.54, 1.807) is 22.2 Å². The summed E-state index contributed by atoms with van der Waals surface area (Å²) < 4.78 is 1.71. The summed E-state index contributed by atoms with van der Waals surface area (Å²) in [6, 6.07) is 2.28. The topological polar surface area (TPSA) is 50.2 Å². The molecule has 0 fully saturated rings. The molecule has 0 aliphatic carbocycles. The van der Waals surface area contributed by atoms with Crippen LogP contribution in [0.15, 0.2) is 23.0 Å². The van der Waals surface area contributed by atoms with Crippen molar-refractivity contribution in [2.45, 2.75) is 13.0 Å². The Hall–Kier alpha value is -1.66. The quantitative estimate of drug-likeness (QED) is 0.914. The van der Waals surface area contributed by atoms with Crippen LogP contribution >= 0.6 is 11.3 Å². The van der Waals surface area contributed by atoms with Crippen LogP contribution in [0.5, 0.6) is 0 Å². The van der Waals surface area contributed by atoms with Gasteiger partial charge in [-0.1, -0.05) is 0 Å². The van der Waals surface area contributed by atoms with Crippen LogP contribution in [-0.4, -0.2) is 41.2 Å². The van der Waals surface area contributed by atoms with Crippen LogP contribution < -0.4 is 5.32 Å². The maximum Gasteiger partial charge on any atom is 0.254 e. The van der Waals surface area contributed by atoms with Crippen LogP contribution in [0.1, 0.15) is 27.7 Å². The first-order valence-electron chi connectivity index (χ1n) is 6.46. The number of rotatable bonds is 5. The van der Waals surface area contributed by atoms with E-state index in [2.05, 4.69) is 32.1 Å². The second kappa shape index (κ2) is 6.19. The van der Waals surface area contributed by atoms with Gasteiger partial charge in [-0.15, -0.1) is 0 Å². The van der Waals surface area contributed by atoms with E-state index >= 15 is 0 Å². The molecule has 6 heteroatoms. The Balaban J connectivity index is 2.03. The van der Waals surface area contributed by atoms with Crippen molar-refractivity contribution >= 4 is 17.2 Å². The number of amides is 1. The van der Waals surface area contributed by atoms with Gasteiger partial charge in [0.25, 0.3) is 5.91 Å². The van der Waals surface area contributed by atoms with Gasteiger partial charge in [-0.2, -0.15) is 16.4 Å². The van der Waals surface area contributed by atoms with Gasteiger partial charge >= 0.3 is 0 Å². The van der Waals surface area contributed by atoms with Crippen LogP contribution in [0.4, 0.5) is 0 Å². The molecule has 0 spiro atoms. The predicted molar refractivity (Wildman–Crippen MR) is 81.0 cm³/mol. The molecule has 0 unspecified atom stereocenters. The molecule has 0 aromatic carbocycles. The summed E-state index contributed by atoms with van der Waals surface area (Å²) in [5.74, 6) is -0.0716. The maximum atomic E-state index is 12.2. The average Bonchev–Trinajstić information content (AvgIpc) is 3.01. The highest BCUT2D eigenvalue weighted by Gasteiger charge is 2.18. The van der Waals surface area contributed by atoms with Crippen molar-refractivity contribution < 1.29 is 4.79 Å². The SMILES string of the molecule is Cc1c(C(=O)NC[C@@H](c2ccsc2)N(C)C)cnn1C. The molecule has 2 aromatic rings. The van der Waals surface area contributed by atoms with Crippen molar-refractivity contribution in [2.75, 3.05) is 20.6 Å². The highest BCUT2D eigenvalue weighted by Crippen LogP contribution is 2.20. The maximum absolute atomic E-state index is 12.2. The fourth-order valence-electron chi connectivity index (χ4n) is 2.07. The molecule has 2 heterocycles. The van der Waals surface area contributed by atoms with Crippen LogP contribution in [0.2, 0.25) is 0 Å². The molecule has 0 aliphatic rings. The molecular weight excluding hydrogens is 272 g/mol. The van der Waals surface area contributed by atoms with Crippen LogP contribution in [0, 0.1) is 6.92 Å². The lowest BCUT2D eigenvalue weighted by atomic mass is 10.1. The van der Waals surface area contributed by atoms with Gasteiger partial charge in [0.05, 0.1) is 17.8 Å². The number of aryl methyl sites for hydroxylation is 1. The zero-order valence-electron chi connectivity index (χ0n) is 12.3. The zero-order chi connectivity index (χ0) is 14.7. The van der Waals surface area contributed by atoms with Crippen molar-refractivity contribution in [1.29, 1.82) is 0 Å². The Morgan fingerprint density at radius 3 is 2.80 bits per heavy atom. The molecule has 0 radical (unpaired) electrons. The molecule has 2 rings (SSSR count). The van der Waals surface area contributed by atoms with Crippen LogP contribution in [0.3, 0.4) is 0 Å². The molecule has 20 heavy (non-hydrogen) atoms. The van der Waals surface area contributed by atoms with Crippen molar-refractivity contribution in [3.63, 3.8) is 0 Å². The standard InChI is InChI=1S/C14H20N4OS/c1-10-12(7-16-18(10)4)14(19)15-8-13(17(2)3)11-5-6-20-9-11/h5-7,9,13H,8H2,1-4H3,(H,15,19)/t13-/m0/s1. The monoisotopic (exact) mass is 292 g/mol. The summed E-state index contributed by atoms with van der Waals surface area (Å²) in [4.78, 5) is 14.3. The van der Waals surface area contributed by atoms with Crippen LogP contribution in [-0.2, 0) is 7.05 Å². The van der Waals surface area contributed by atoms with Crippen LogP contribution in [0.25, 0.3) is 0 Å². The summed E-state index contributed by atoms with van der Waals surface area (Å²) in [7, 11) is 5.87. The number of aromatic nitrogens is 2. The lowest BCUT2D eigenvalue weighted by molar-refractivity contribution is 0.0941. The third-order valence-electron chi connectivity index (χ3n) is 3.49. The van der Waals surface area contributed by atoms with Gasteiger partial charge in [-0.25, -0.2) is 0 Å². The smallest absolute Gasteiger partial charge is 0.254 e. The lowest BCUT2D eigenvalue weighted by Gasteiger charge is -2.23. The molecule has 0 bridgehead atoms. The first kappa shape index (κ1) is 14.7. The molecule has 5 nitrogen and oxygen atoms in total. The summed E-state index contributed by atoms with van der Waals surface area (Å²) in [6.07, 6.45) is 1.61. The minimum Gasteiger partial charge on any atom is -0.350 e. The number of hydrogen-bond acceptors (Lipinski definition) is 4. The van der Waals surface area contributed by atoms with Crippen molar-refractivity contribution in [3.8, 4) is 0 Å². The summed E-state index contributed by atoms with van der Waals surface area (Å²) in [5, 5.41) is 11.3. The molecular formula is C14H20N4OS. The minimum atomic E-state index is -0.0716. The van der Waals surface area contributed by atoms with Gasteiger partial charge in [-0.3, -0.25) is 9.48 Å². The fourth-order valence-corrected chi connectivity index (χ4v) is 2.78. The molecule has 1 N–H and O–H groups in total. The molecule has 0 saturated heterocycles. The van der Waals surface area contributed by atoms with E-state index in [-0.39, 0.29) is 11.9 Å². The van der Waals surface area contributed by atoms with E-state index < -0.39 is 0 Å². The minimum absolute atomic E-state index is 0.0716. The highest BCUT2D eigenvalue weighted by atomic mass is 32.1. The second-order valence-corrected chi connectivity index (χ2v) is 5.79. The van der Waals surface area contributed by atoms with Gasteiger partial charge < -0.3 is 10.2 Å². The number of nitrogens with one attached hydrogen (secondary N) is 1. The van der Waals surface area contributed by atoms with E-state index in [1.165, 1.54) is 5.56 Å². The third-order valence-corrected chi connectivity index (χ3v) is 4.19. The van der Waals surface area contributed by atoms with Gasteiger partial charge in [0.15, 0.2) is 0 Å². The third kappa shape index (κ3) is 3.08. The van der Waals surface area contributed by atoms with Crippen molar-refractivity contribution in [1.82, 2.24) is 20.0 Å². The zero-order valence-corrected chi connectivity index (χ0v) is 13.1. The molecule has 2 aromatic heterocycles. The molecule has 0 aliphatic heterocycles. The van der Waals surface area contributed by atoms with E-state index in [0.29, 0.717) is 12.1 Å². The Bertz CT molecular complexity index is 574. The van der Waals surface area contributed by atoms with E-state index in [9.17, 15) is 4.79 Å². The van der Waals surface area contributed by atoms with E-state index in [1.807, 2.05) is 28.1 Å². The number of carbonyl (C=O) groups is 1. The van der Waals surface area contributed by atoms with Gasteiger partial charge in [0, 0.05) is 19.3 Å². The van der Waals surface area contributed by atoms with Gasteiger partial charge in [-0.05, 0) is 43.4 Å². The average molecular weight is 292 g/mol. The Labute approximate surface area is 123 Å². The molecule has 0 saturated carbocycles. The fraction of sp³-hybridized carbons (Fsp3) is 0.429. The summed E-state index contributed by atoms with van der Waals surface area (Å²) >= 11 is 1.67. The largest absolute Gasteiger partial charge is 0.350 e. The number of nitrogens with zero attached hydrogens (tertiary/aromatic N) is 3. The van der Waals surface area contributed by atoms with Gasteiger partial charge in [0.2, 0.25) is 0 Å². The summed E-state index contributed by atoms with van der Waals surface area (Å²) in [6.45, 7) is 2.47. The summed E-state index contributed by atoms with van der Waals surface area (Å²) in [5.41, 5.74) is 2.73. The Kier molecular flexibility index (Phi) is 4.57. The second-order valence-electron chi connectivity index (χ2n) is 5.01. The molecule has 108 valence electrons. The number of carbonyl (C=O) groups excluding carboxylic acids is 1. The highest BCUT2D eigenvalue weighted by molar-refractivity contribution is 7.07. The number of hydrogen-bond donors (Lipinski definition) is 1. The Morgan fingerprint density at radius 1 is 1.55 bits per heavy atom. The normalized spacial score (nSPS) is 12.7. The van der Waals surface area contributed by atoms with E-state index in [4.69, 9.17) is 0 Å². The van der Waals surface area contributed by atoms with E-state index in [0.717, 1.165) is 5.69 Å². The van der Waals surface area contributed by atoms with Gasteiger partial charge in [0.1, 0.15) is 0 Å².